The standard InChI is InChI=1S/C10H16ClNO2/c1-6(11)10(14)12-4-7-2-3-9(13)8(7)5-12/h6-9,13H,2-5H2,1H3. The Morgan fingerprint density at radius 1 is 1.50 bits per heavy atom. The lowest BCUT2D eigenvalue weighted by Gasteiger charge is -2.19. The monoisotopic (exact) mass is 217 g/mol. The Balaban J connectivity index is 1.98. The average Bonchev–Trinajstić information content (AvgIpc) is 2.67. The van der Waals surface area contributed by atoms with Crippen LogP contribution in [0.2, 0.25) is 0 Å². The van der Waals surface area contributed by atoms with Gasteiger partial charge in [-0.3, -0.25) is 4.79 Å². The Morgan fingerprint density at radius 2 is 2.21 bits per heavy atom. The van der Waals surface area contributed by atoms with Crippen LogP contribution in [0.25, 0.3) is 0 Å². The first kappa shape index (κ1) is 10.2. The van der Waals surface area contributed by atoms with Crippen molar-refractivity contribution in [3.05, 3.63) is 0 Å². The zero-order chi connectivity index (χ0) is 10.3. The molecule has 0 bridgehead atoms. The second-order valence-electron chi connectivity index (χ2n) is 4.43. The maximum atomic E-state index is 11.6. The number of carbonyl (C=O) groups excluding carboxylic acids is 1. The summed E-state index contributed by atoms with van der Waals surface area (Å²) in [5.74, 6) is 0.812. The van der Waals surface area contributed by atoms with Crippen molar-refractivity contribution in [2.24, 2.45) is 11.8 Å². The van der Waals surface area contributed by atoms with Gasteiger partial charge in [-0.15, -0.1) is 11.6 Å². The zero-order valence-electron chi connectivity index (χ0n) is 8.32. The summed E-state index contributed by atoms with van der Waals surface area (Å²) in [6.45, 7) is 3.19. The van der Waals surface area contributed by atoms with Crippen molar-refractivity contribution in [1.82, 2.24) is 4.90 Å². The largest absolute Gasteiger partial charge is 0.393 e. The topological polar surface area (TPSA) is 40.5 Å². The Morgan fingerprint density at radius 3 is 2.79 bits per heavy atom. The molecule has 0 aromatic heterocycles. The van der Waals surface area contributed by atoms with Gasteiger partial charge in [-0.25, -0.2) is 0 Å². The highest BCUT2D eigenvalue weighted by atomic mass is 35.5. The summed E-state index contributed by atoms with van der Waals surface area (Å²) in [6, 6.07) is 0. The fourth-order valence-corrected chi connectivity index (χ4v) is 2.81. The highest BCUT2D eigenvalue weighted by Crippen LogP contribution is 2.38. The minimum absolute atomic E-state index is 0.00765. The van der Waals surface area contributed by atoms with Crippen LogP contribution >= 0.6 is 11.6 Å². The molecule has 4 heteroatoms. The van der Waals surface area contributed by atoms with Gasteiger partial charge in [0.15, 0.2) is 0 Å². The predicted molar refractivity (Wildman–Crippen MR) is 54.1 cm³/mol. The molecule has 0 radical (unpaired) electrons. The first-order valence-electron chi connectivity index (χ1n) is 5.20. The number of amides is 1. The van der Waals surface area contributed by atoms with Crippen LogP contribution in [0.1, 0.15) is 19.8 Å². The van der Waals surface area contributed by atoms with Gasteiger partial charge >= 0.3 is 0 Å². The van der Waals surface area contributed by atoms with Crippen LogP contribution in [0.4, 0.5) is 0 Å². The number of fused-ring (bicyclic) bond motifs is 1. The van der Waals surface area contributed by atoms with Crippen molar-refractivity contribution in [2.75, 3.05) is 13.1 Å². The summed E-state index contributed by atoms with van der Waals surface area (Å²) in [4.78, 5) is 13.4. The van der Waals surface area contributed by atoms with Gasteiger partial charge in [0, 0.05) is 19.0 Å². The molecule has 4 atom stereocenters. The van der Waals surface area contributed by atoms with Gasteiger partial charge in [0.25, 0.3) is 0 Å². The van der Waals surface area contributed by atoms with E-state index in [1.165, 1.54) is 0 Å². The Bertz CT molecular complexity index is 244. The number of aliphatic hydroxyl groups excluding tert-OH is 1. The van der Waals surface area contributed by atoms with Crippen molar-refractivity contribution in [1.29, 1.82) is 0 Å². The number of carbonyl (C=O) groups is 1. The van der Waals surface area contributed by atoms with E-state index in [9.17, 15) is 9.90 Å². The normalized spacial score (nSPS) is 38.5. The van der Waals surface area contributed by atoms with E-state index in [-0.39, 0.29) is 12.0 Å². The molecule has 1 aliphatic carbocycles. The minimum Gasteiger partial charge on any atom is -0.393 e. The van der Waals surface area contributed by atoms with Crippen LogP contribution in [0.5, 0.6) is 0 Å². The Hall–Kier alpha value is -0.280. The van der Waals surface area contributed by atoms with Crippen LogP contribution < -0.4 is 0 Å². The van der Waals surface area contributed by atoms with Gasteiger partial charge in [-0.2, -0.15) is 0 Å². The molecule has 0 aromatic rings. The van der Waals surface area contributed by atoms with Crippen LogP contribution in [0.15, 0.2) is 0 Å². The second kappa shape index (κ2) is 3.70. The molecule has 1 N–H and O–H groups in total. The third-order valence-electron chi connectivity index (χ3n) is 3.47. The molecule has 80 valence electrons. The number of rotatable bonds is 1. The molecule has 2 fully saturated rings. The highest BCUT2D eigenvalue weighted by molar-refractivity contribution is 6.30. The average molecular weight is 218 g/mol. The van der Waals surface area contributed by atoms with Gasteiger partial charge in [0.2, 0.25) is 5.91 Å². The summed E-state index contributed by atoms with van der Waals surface area (Å²) in [6.07, 6.45) is 1.74. The van der Waals surface area contributed by atoms with E-state index < -0.39 is 5.38 Å². The molecule has 0 spiro atoms. The first-order chi connectivity index (χ1) is 6.59. The molecule has 4 unspecified atom stereocenters. The van der Waals surface area contributed by atoms with Crippen molar-refractivity contribution >= 4 is 17.5 Å². The third kappa shape index (κ3) is 1.63. The highest BCUT2D eigenvalue weighted by Gasteiger charge is 2.43. The van der Waals surface area contributed by atoms with E-state index in [2.05, 4.69) is 0 Å². The number of aliphatic hydroxyl groups is 1. The quantitative estimate of drug-likeness (QED) is 0.662. The van der Waals surface area contributed by atoms with Crippen LogP contribution in [-0.2, 0) is 4.79 Å². The van der Waals surface area contributed by atoms with Gasteiger partial charge in [-0.05, 0) is 25.7 Å². The predicted octanol–water partition coefficient (Wildman–Crippen LogP) is 0.843. The molecule has 1 heterocycles. The third-order valence-corrected chi connectivity index (χ3v) is 3.66. The molecular formula is C10H16ClNO2. The molecular weight excluding hydrogens is 202 g/mol. The Kier molecular flexibility index (Phi) is 2.71. The van der Waals surface area contributed by atoms with Crippen molar-refractivity contribution in [3.8, 4) is 0 Å². The summed E-state index contributed by atoms with van der Waals surface area (Å²) < 4.78 is 0. The summed E-state index contributed by atoms with van der Waals surface area (Å²) >= 11 is 5.75. The van der Waals surface area contributed by atoms with Gasteiger partial charge < -0.3 is 10.0 Å². The molecule has 1 aliphatic heterocycles. The number of hydrogen-bond donors (Lipinski definition) is 1. The van der Waals surface area contributed by atoms with Gasteiger partial charge in [-0.1, -0.05) is 0 Å². The Labute approximate surface area is 89.0 Å². The molecule has 2 aliphatic rings. The number of alkyl halides is 1. The van der Waals surface area contributed by atoms with Crippen molar-refractivity contribution < 1.29 is 9.90 Å². The molecule has 2 rings (SSSR count). The first-order valence-corrected chi connectivity index (χ1v) is 5.64. The minimum atomic E-state index is -0.439. The fourth-order valence-electron chi connectivity index (χ4n) is 2.67. The van der Waals surface area contributed by atoms with Gasteiger partial charge in [0.1, 0.15) is 5.38 Å². The van der Waals surface area contributed by atoms with Crippen LogP contribution in [0, 0.1) is 11.8 Å². The molecule has 1 saturated heterocycles. The molecule has 14 heavy (non-hydrogen) atoms. The number of halogens is 1. The number of hydrogen-bond acceptors (Lipinski definition) is 2. The molecule has 1 amide bonds. The molecule has 0 aromatic carbocycles. The lowest BCUT2D eigenvalue weighted by molar-refractivity contribution is -0.129. The SMILES string of the molecule is CC(Cl)C(=O)N1CC2CCC(O)C2C1. The molecule has 1 saturated carbocycles. The van der Waals surface area contributed by atoms with E-state index in [0.29, 0.717) is 18.4 Å². The summed E-state index contributed by atoms with van der Waals surface area (Å²) in [5, 5.41) is 9.23. The second-order valence-corrected chi connectivity index (χ2v) is 5.08. The molecule has 3 nitrogen and oxygen atoms in total. The van der Waals surface area contributed by atoms with E-state index >= 15 is 0 Å². The van der Waals surface area contributed by atoms with Gasteiger partial charge in [0.05, 0.1) is 6.10 Å². The zero-order valence-corrected chi connectivity index (χ0v) is 9.07. The van der Waals surface area contributed by atoms with E-state index in [1.54, 1.807) is 11.8 Å². The lowest BCUT2D eigenvalue weighted by atomic mass is 10.00. The van der Waals surface area contributed by atoms with E-state index in [0.717, 1.165) is 19.4 Å². The summed E-state index contributed by atoms with van der Waals surface area (Å²) in [5.41, 5.74) is 0. The van der Waals surface area contributed by atoms with Crippen molar-refractivity contribution in [3.63, 3.8) is 0 Å². The van der Waals surface area contributed by atoms with E-state index in [1.807, 2.05) is 0 Å². The number of likely N-dealkylation sites (tertiary alicyclic amines) is 1. The van der Waals surface area contributed by atoms with Crippen molar-refractivity contribution in [2.45, 2.75) is 31.2 Å². The van der Waals surface area contributed by atoms with E-state index in [4.69, 9.17) is 11.6 Å². The lowest BCUT2D eigenvalue weighted by Crippen LogP contribution is -2.35. The summed E-state index contributed by atoms with van der Waals surface area (Å²) in [7, 11) is 0. The number of nitrogens with zero attached hydrogens (tertiary/aromatic N) is 1. The smallest absolute Gasteiger partial charge is 0.240 e. The van der Waals surface area contributed by atoms with Crippen LogP contribution in [-0.4, -0.2) is 40.5 Å². The van der Waals surface area contributed by atoms with Crippen LogP contribution in [0.3, 0.4) is 0 Å². The maximum absolute atomic E-state index is 11.6. The maximum Gasteiger partial charge on any atom is 0.240 e. The fraction of sp³-hybridized carbons (Fsp3) is 0.900.